The first-order valence-corrected chi connectivity index (χ1v) is 8.57. The van der Waals surface area contributed by atoms with Gasteiger partial charge in [-0.05, 0) is 24.6 Å². The molecule has 0 fully saturated rings. The second kappa shape index (κ2) is 6.66. The Bertz CT molecular complexity index is 943. The number of rotatable bonds is 4. The van der Waals surface area contributed by atoms with Crippen molar-refractivity contribution in [2.24, 2.45) is 4.99 Å². The van der Waals surface area contributed by atoms with Crippen molar-refractivity contribution in [3.8, 4) is 5.69 Å². The average molecular weight is 332 g/mol. The lowest BCUT2D eigenvalue weighted by atomic mass is 10.2. The van der Waals surface area contributed by atoms with E-state index < -0.39 is 9.84 Å². The van der Waals surface area contributed by atoms with Crippen molar-refractivity contribution >= 4 is 21.6 Å². The lowest BCUT2D eigenvalue weighted by Gasteiger charge is -2.08. The Morgan fingerprint density at radius 2 is 2.09 bits per heavy atom. The van der Waals surface area contributed by atoms with Gasteiger partial charge in [0, 0.05) is 38.0 Å². The van der Waals surface area contributed by atoms with E-state index in [0.717, 1.165) is 6.26 Å². The molecular formula is C15H16N4O3S. The van der Waals surface area contributed by atoms with E-state index in [2.05, 4.69) is 15.1 Å². The summed E-state index contributed by atoms with van der Waals surface area (Å²) < 4.78 is 24.7. The van der Waals surface area contributed by atoms with Gasteiger partial charge in [-0.3, -0.25) is 14.8 Å². The Morgan fingerprint density at radius 3 is 2.74 bits per heavy atom. The Hall–Kier alpha value is -2.61. The highest BCUT2D eigenvalue weighted by molar-refractivity contribution is 7.90. The maximum atomic E-state index is 12.0. The third-order valence-electron chi connectivity index (χ3n) is 3.05. The molecule has 0 aliphatic heterocycles. The van der Waals surface area contributed by atoms with E-state index in [1.165, 1.54) is 35.4 Å². The van der Waals surface area contributed by atoms with Crippen molar-refractivity contribution in [1.82, 2.24) is 14.8 Å². The number of allylic oxidation sites excluding steroid dienone is 2. The predicted octanol–water partition coefficient (Wildman–Crippen LogP) is 1.13. The van der Waals surface area contributed by atoms with Crippen LogP contribution in [0.5, 0.6) is 0 Å². The molecule has 0 saturated carbocycles. The third-order valence-corrected chi connectivity index (χ3v) is 4.13. The van der Waals surface area contributed by atoms with Crippen LogP contribution < -0.4 is 5.43 Å². The van der Waals surface area contributed by atoms with Gasteiger partial charge in [-0.25, -0.2) is 13.1 Å². The van der Waals surface area contributed by atoms with Crippen molar-refractivity contribution in [1.29, 1.82) is 0 Å². The molecule has 0 radical (unpaired) electrons. The van der Waals surface area contributed by atoms with Gasteiger partial charge in [0.05, 0.1) is 16.8 Å². The summed E-state index contributed by atoms with van der Waals surface area (Å²) in [5, 5.41) is 4.26. The molecule has 7 nitrogen and oxygen atoms in total. The molecule has 0 aliphatic carbocycles. The van der Waals surface area contributed by atoms with E-state index in [0.29, 0.717) is 11.3 Å². The van der Waals surface area contributed by atoms with E-state index in [-0.39, 0.29) is 16.0 Å². The van der Waals surface area contributed by atoms with Crippen LogP contribution in [0.4, 0.5) is 0 Å². The zero-order chi connectivity index (χ0) is 17.0. The first-order chi connectivity index (χ1) is 10.8. The molecule has 0 unspecified atom stereocenters. The summed E-state index contributed by atoms with van der Waals surface area (Å²) in [7, 11) is -1.75. The maximum Gasteiger partial charge on any atom is 0.207 e. The van der Waals surface area contributed by atoms with Crippen molar-refractivity contribution in [2.75, 3.05) is 13.3 Å². The van der Waals surface area contributed by atoms with Crippen LogP contribution in [0.15, 0.2) is 51.5 Å². The van der Waals surface area contributed by atoms with Crippen molar-refractivity contribution in [3.05, 3.63) is 52.7 Å². The van der Waals surface area contributed by atoms with E-state index in [4.69, 9.17) is 0 Å². The molecule has 0 saturated heterocycles. The molecule has 23 heavy (non-hydrogen) atoms. The topological polar surface area (TPSA) is 94.3 Å². The number of pyridine rings is 1. The summed E-state index contributed by atoms with van der Waals surface area (Å²) in [6.45, 7) is 1.75. The molecule has 0 amide bonds. The van der Waals surface area contributed by atoms with Gasteiger partial charge in [-0.15, -0.1) is 0 Å². The van der Waals surface area contributed by atoms with Crippen LogP contribution in [0, 0.1) is 0 Å². The molecule has 0 aromatic carbocycles. The summed E-state index contributed by atoms with van der Waals surface area (Å²) in [5.74, 6) is 0. The standard InChI is InChI=1S/C15H16N4O3S/c1-11(4-6-16-2)15-14(20)5-7-19(18-15)12-8-13(10-17-9-12)23(3,21)22/h4-10H,1-3H3/b11-4+,16-6?. The second-order valence-electron chi connectivity index (χ2n) is 4.88. The molecule has 2 aromatic rings. The zero-order valence-corrected chi connectivity index (χ0v) is 13.8. The van der Waals surface area contributed by atoms with Crippen LogP contribution in [0.3, 0.4) is 0 Å². The van der Waals surface area contributed by atoms with Crippen LogP contribution >= 0.6 is 0 Å². The molecule has 0 atom stereocenters. The molecule has 2 heterocycles. The molecular weight excluding hydrogens is 316 g/mol. The smallest absolute Gasteiger partial charge is 0.207 e. The summed E-state index contributed by atoms with van der Waals surface area (Å²) in [4.78, 5) is 19.8. The lowest BCUT2D eigenvalue weighted by Crippen LogP contribution is -2.15. The number of aliphatic imine (C=N–C) groups is 1. The maximum absolute atomic E-state index is 12.0. The van der Waals surface area contributed by atoms with Gasteiger partial charge < -0.3 is 0 Å². The highest BCUT2D eigenvalue weighted by Gasteiger charge is 2.10. The van der Waals surface area contributed by atoms with Crippen LogP contribution in [0.2, 0.25) is 0 Å². The fraction of sp³-hybridized carbons (Fsp3) is 0.200. The van der Waals surface area contributed by atoms with E-state index >= 15 is 0 Å². The fourth-order valence-electron chi connectivity index (χ4n) is 1.83. The average Bonchev–Trinajstić information content (AvgIpc) is 2.52. The minimum absolute atomic E-state index is 0.0856. The SMILES string of the molecule is CN=C/C=C(\C)c1nn(-c2cncc(S(C)(=O)=O)c2)ccc1=O. The quantitative estimate of drug-likeness (QED) is 0.782. The predicted molar refractivity (Wildman–Crippen MR) is 88.8 cm³/mol. The normalized spacial score (nSPS) is 12.7. The number of aromatic nitrogens is 3. The van der Waals surface area contributed by atoms with Crippen molar-refractivity contribution in [3.63, 3.8) is 0 Å². The van der Waals surface area contributed by atoms with Crippen molar-refractivity contribution < 1.29 is 8.42 Å². The van der Waals surface area contributed by atoms with Gasteiger partial charge in [0.1, 0.15) is 5.69 Å². The summed E-state index contributed by atoms with van der Waals surface area (Å²) in [5.41, 5.74) is 1.14. The first kappa shape index (κ1) is 16.8. The highest BCUT2D eigenvalue weighted by atomic mass is 32.2. The van der Waals surface area contributed by atoms with Gasteiger partial charge in [0.15, 0.2) is 9.84 Å². The number of hydrogen-bond donors (Lipinski definition) is 0. The number of nitrogens with zero attached hydrogens (tertiary/aromatic N) is 4. The van der Waals surface area contributed by atoms with Gasteiger partial charge in [-0.2, -0.15) is 5.10 Å². The van der Waals surface area contributed by atoms with Crippen LogP contribution in [-0.4, -0.2) is 42.7 Å². The summed E-state index contributed by atoms with van der Waals surface area (Å²) >= 11 is 0. The highest BCUT2D eigenvalue weighted by Crippen LogP contribution is 2.13. The number of hydrogen-bond acceptors (Lipinski definition) is 6. The molecule has 0 bridgehead atoms. The van der Waals surface area contributed by atoms with E-state index in [9.17, 15) is 13.2 Å². The molecule has 8 heteroatoms. The molecule has 2 rings (SSSR count). The zero-order valence-electron chi connectivity index (χ0n) is 13.0. The molecule has 2 aromatic heterocycles. The lowest BCUT2D eigenvalue weighted by molar-refractivity contribution is 0.601. The van der Waals surface area contributed by atoms with Gasteiger partial charge in [0.25, 0.3) is 0 Å². The molecule has 0 N–H and O–H groups in total. The van der Waals surface area contributed by atoms with E-state index in [1.807, 2.05) is 0 Å². The Morgan fingerprint density at radius 1 is 1.35 bits per heavy atom. The monoisotopic (exact) mass is 332 g/mol. The van der Waals surface area contributed by atoms with Crippen LogP contribution in [-0.2, 0) is 9.84 Å². The summed E-state index contributed by atoms with van der Waals surface area (Å²) in [6.07, 6.45) is 8.57. The van der Waals surface area contributed by atoms with Gasteiger partial charge >= 0.3 is 0 Å². The summed E-state index contributed by atoms with van der Waals surface area (Å²) in [6, 6.07) is 2.83. The van der Waals surface area contributed by atoms with Crippen molar-refractivity contribution in [2.45, 2.75) is 11.8 Å². The van der Waals surface area contributed by atoms with Crippen LogP contribution in [0.25, 0.3) is 11.3 Å². The first-order valence-electron chi connectivity index (χ1n) is 6.68. The Labute approximate surface area is 134 Å². The van der Waals surface area contributed by atoms with Gasteiger partial charge in [0.2, 0.25) is 5.43 Å². The van der Waals surface area contributed by atoms with E-state index in [1.54, 1.807) is 26.3 Å². The number of sulfone groups is 1. The van der Waals surface area contributed by atoms with Gasteiger partial charge in [-0.1, -0.05) is 0 Å². The minimum atomic E-state index is -3.37. The third kappa shape index (κ3) is 3.98. The molecule has 0 spiro atoms. The minimum Gasteiger partial charge on any atom is -0.297 e. The van der Waals surface area contributed by atoms with Crippen LogP contribution in [0.1, 0.15) is 12.6 Å². The Kier molecular flexibility index (Phi) is 4.85. The Balaban J connectivity index is 2.56. The largest absolute Gasteiger partial charge is 0.297 e. The fourth-order valence-corrected chi connectivity index (χ4v) is 2.41. The molecule has 120 valence electrons. The molecule has 0 aliphatic rings. The second-order valence-corrected chi connectivity index (χ2v) is 6.90.